The highest BCUT2D eigenvalue weighted by Crippen LogP contribution is 2.26. The molecular formula is C14H14N2S. The van der Waals surface area contributed by atoms with Crippen LogP contribution in [-0.4, -0.2) is 30.0 Å². The lowest BCUT2D eigenvalue weighted by molar-refractivity contribution is 0.425. The van der Waals surface area contributed by atoms with Crippen LogP contribution >= 0.6 is 11.3 Å². The minimum Gasteiger partial charge on any atom is -0.291 e. The summed E-state index contributed by atoms with van der Waals surface area (Å²) in [4.78, 5) is 6.62. The number of likely N-dealkylation sites (N-methyl/N-ethyl adjacent to an activating group) is 1. The van der Waals surface area contributed by atoms with Crippen molar-refractivity contribution in [2.24, 2.45) is 0 Å². The molecule has 0 radical (unpaired) electrons. The maximum atomic E-state index is 5.27. The smallest absolute Gasteiger partial charge is 0.121 e. The van der Waals surface area contributed by atoms with Crippen molar-refractivity contribution in [2.75, 3.05) is 20.1 Å². The van der Waals surface area contributed by atoms with E-state index in [1.165, 1.54) is 4.70 Å². The highest BCUT2D eigenvalue weighted by atomic mass is 32.1. The van der Waals surface area contributed by atoms with Crippen LogP contribution in [0.15, 0.2) is 30.8 Å². The number of rotatable bonds is 4. The second kappa shape index (κ2) is 5.13. The zero-order valence-electron chi connectivity index (χ0n) is 9.81. The average Bonchev–Trinajstić information content (AvgIpc) is 2.72. The molecule has 17 heavy (non-hydrogen) atoms. The van der Waals surface area contributed by atoms with Crippen molar-refractivity contribution < 1.29 is 0 Å². The number of hydrogen-bond acceptors (Lipinski definition) is 3. The van der Waals surface area contributed by atoms with E-state index in [-0.39, 0.29) is 0 Å². The molecule has 3 heteroatoms. The molecule has 0 aliphatic carbocycles. The second-order valence-corrected chi connectivity index (χ2v) is 5.00. The zero-order valence-corrected chi connectivity index (χ0v) is 10.6. The molecule has 0 amide bonds. The van der Waals surface area contributed by atoms with Crippen molar-refractivity contribution in [3.05, 3.63) is 35.9 Å². The normalized spacial score (nSPS) is 10.6. The highest BCUT2D eigenvalue weighted by Gasteiger charge is 2.08. The number of terminal acetylenes is 1. The van der Waals surface area contributed by atoms with E-state index in [0.29, 0.717) is 6.54 Å². The SMILES string of the molecule is C#CCN(C)CC(=C)c1nc2ccccc2s1. The van der Waals surface area contributed by atoms with Gasteiger partial charge in [-0.1, -0.05) is 24.6 Å². The molecule has 2 aromatic rings. The van der Waals surface area contributed by atoms with Gasteiger partial charge in [-0.15, -0.1) is 17.8 Å². The number of aromatic nitrogens is 1. The van der Waals surface area contributed by atoms with Crippen LogP contribution in [0.5, 0.6) is 0 Å². The van der Waals surface area contributed by atoms with E-state index in [0.717, 1.165) is 22.6 Å². The van der Waals surface area contributed by atoms with E-state index < -0.39 is 0 Å². The Kier molecular flexibility index (Phi) is 3.58. The second-order valence-electron chi connectivity index (χ2n) is 3.97. The predicted octanol–water partition coefficient (Wildman–Crippen LogP) is 2.87. The van der Waals surface area contributed by atoms with Crippen LogP contribution < -0.4 is 0 Å². The van der Waals surface area contributed by atoms with Gasteiger partial charge in [0.15, 0.2) is 0 Å². The molecular weight excluding hydrogens is 228 g/mol. The third-order valence-electron chi connectivity index (χ3n) is 2.42. The Balaban J connectivity index is 2.17. The zero-order chi connectivity index (χ0) is 12.3. The third kappa shape index (κ3) is 2.73. The van der Waals surface area contributed by atoms with Crippen molar-refractivity contribution >= 4 is 27.1 Å². The number of thiazole rings is 1. The van der Waals surface area contributed by atoms with Gasteiger partial charge in [-0.05, 0) is 24.8 Å². The average molecular weight is 242 g/mol. The Labute approximate surface area is 106 Å². The standard InChI is InChI=1S/C14H14N2S/c1-4-9-16(3)10-11(2)14-15-12-7-5-6-8-13(12)17-14/h1,5-8H,2,9-10H2,3H3. The number of benzene rings is 1. The quantitative estimate of drug-likeness (QED) is 0.766. The molecule has 86 valence electrons. The van der Waals surface area contributed by atoms with Gasteiger partial charge in [0, 0.05) is 6.54 Å². The van der Waals surface area contributed by atoms with Crippen LogP contribution in [-0.2, 0) is 0 Å². The van der Waals surface area contributed by atoms with Crippen LogP contribution in [0.2, 0.25) is 0 Å². The van der Waals surface area contributed by atoms with Crippen LogP contribution in [0.25, 0.3) is 15.8 Å². The summed E-state index contributed by atoms with van der Waals surface area (Å²) in [5, 5.41) is 0.995. The van der Waals surface area contributed by atoms with Crippen molar-refractivity contribution in [1.82, 2.24) is 9.88 Å². The molecule has 1 heterocycles. The van der Waals surface area contributed by atoms with Crippen molar-refractivity contribution in [3.8, 4) is 12.3 Å². The summed E-state index contributed by atoms with van der Waals surface area (Å²) >= 11 is 1.68. The van der Waals surface area contributed by atoms with Gasteiger partial charge in [0.05, 0.1) is 16.8 Å². The third-order valence-corrected chi connectivity index (χ3v) is 3.56. The Morgan fingerprint density at radius 3 is 3.00 bits per heavy atom. The Bertz CT molecular complexity index is 544. The Hall–Kier alpha value is -1.63. The highest BCUT2D eigenvalue weighted by molar-refractivity contribution is 7.19. The number of para-hydroxylation sites is 1. The van der Waals surface area contributed by atoms with Gasteiger partial charge in [-0.25, -0.2) is 4.98 Å². The first-order chi connectivity index (χ1) is 8.20. The first-order valence-corrected chi connectivity index (χ1v) is 6.18. The summed E-state index contributed by atoms with van der Waals surface area (Å²) < 4.78 is 1.20. The molecule has 2 rings (SSSR count). The lowest BCUT2D eigenvalue weighted by Gasteiger charge is -2.13. The van der Waals surface area contributed by atoms with Crippen LogP contribution in [0, 0.1) is 12.3 Å². The van der Waals surface area contributed by atoms with Crippen LogP contribution in [0.1, 0.15) is 5.01 Å². The summed E-state index contributed by atoms with van der Waals surface area (Å²) in [6.07, 6.45) is 5.27. The molecule has 1 aromatic carbocycles. The molecule has 0 saturated carbocycles. The van der Waals surface area contributed by atoms with Crippen LogP contribution in [0.3, 0.4) is 0 Å². The van der Waals surface area contributed by atoms with Gasteiger partial charge in [0.1, 0.15) is 5.01 Å². The molecule has 0 saturated heterocycles. The molecule has 2 nitrogen and oxygen atoms in total. The van der Waals surface area contributed by atoms with Crippen molar-refractivity contribution in [1.29, 1.82) is 0 Å². The van der Waals surface area contributed by atoms with E-state index in [4.69, 9.17) is 6.42 Å². The summed E-state index contributed by atoms with van der Waals surface area (Å²) in [5.41, 5.74) is 2.05. The summed E-state index contributed by atoms with van der Waals surface area (Å²) in [7, 11) is 1.98. The number of hydrogen-bond donors (Lipinski definition) is 0. The molecule has 0 fully saturated rings. The predicted molar refractivity (Wildman–Crippen MR) is 75.0 cm³/mol. The number of fused-ring (bicyclic) bond motifs is 1. The van der Waals surface area contributed by atoms with Crippen molar-refractivity contribution in [3.63, 3.8) is 0 Å². The van der Waals surface area contributed by atoms with Crippen molar-refractivity contribution in [2.45, 2.75) is 0 Å². The number of nitrogens with zero attached hydrogens (tertiary/aromatic N) is 2. The maximum absolute atomic E-state index is 5.27. The molecule has 1 aromatic heterocycles. The topological polar surface area (TPSA) is 16.1 Å². The monoisotopic (exact) mass is 242 g/mol. The van der Waals surface area contributed by atoms with Gasteiger partial charge in [-0.2, -0.15) is 0 Å². The molecule has 0 N–H and O–H groups in total. The Morgan fingerprint density at radius 2 is 2.29 bits per heavy atom. The first-order valence-electron chi connectivity index (χ1n) is 5.36. The molecule has 0 aliphatic rings. The molecule has 0 bridgehead atoms. The molecule has 0 spiro atoms. The minimum atomic E-state index is 0.629. The van der Waals surface area contributed by atoms with E-state index in [9.17, 15) is 0 Å². The first kappa shape index (κ1) is 11.8. The lowest BCUT2D eigenvalue weighted by Crippen LogP contribution is -2.20. The lowest BCUT2D eigenvalue weighted by atomic mass is 10.3. The van der Waals surface area contributed by atoms with E-state index in [2.05, 4.69) is 28.4 Å². The summed E-state index contributed by atoms with van der Waals surface area (Å²) in [5.74, 6) is 2.62. The summed E-state index contributed by atoms with van der Waals surface area (Å²) in [6.45, 7) is 5.46. The van der Waals surface area contributed by atoms with E-state index >= 15 is 0 Å². The van der Waals surface area contributed by atoms with E-state index in [1.54, 1.807) is 11.3 Å². The van der Waals surface area contributed by atoms with Gasteiger partial charge in [-0.3, -0.25) is 4.90 Å². The fraction of sp³-hybridized carbons (Fsp3) is 0.214. The van der Waals surface area contributed by atoms with Gasteiger partial charge >= 0.3 is 0 Å². The maximum Gasteiger partial charge on any atom is 0.121 e. The fourth-order valence-corrected chi connectivity index (χ4v) is 2.55. The molecule has 0 unspecified atom stereocenters. The van der Waals surface area contributed by atoms with Gasteiger partial charge in [0.2, 0.25) is 0 Å². The molecule has 0 atom stereocenters. The summed E-state index contributed by atoms with van der Waals surface area (Å²) in [6, 6.07) is 8.12. The van der Waals surface area contributed by atoms with Crippen LogP contribution in [0.4, 0.5) is 0 Å². The fourth-order valence-electron chi connectivity index (χ4n) is 1.63. The largest absolute Gasteiger partial charge is 0.291 e. The minimum absolute atomic E-state index is 0.629. The van der Waals surface area contributed by atoms with Gasteiger partial charge in [0.25, 0.3) is 0 Å². The Morgan fingerprint density at radius 1 is 1.53 bits per heavy atom. The van der Waals surface area contributed by atoms with E-state index in [1.807, 2.05) is 25.2 Å². The van der Waals surface area contributed by atoms with Gasteiger partial charge < -0.3 is 0 Å². The molecule has 0 aliphatic heterocycles.